The van der Waals surface area contributed by atoms with Gasteiger partial charge in [0.1, 0.15) is 23.7 Å². The first-order valence-corrected chi connectivity index (χ1v) is 8.31. The highest BCUT2D eigenvalue weighted by molar-refractivity contribution is 5.78. The maximum Gasteiger partial charge on any atom is 0.193 e. The van der Waals surface area contributed by atoms with Gasteiger partial charge in [-0.1, -0.05) is 36.4 Å². The summed E-state index contributed by atoms with van der Waals surface area (Å²) in [6.07, 6.45) is 0. The Labute approximate surface area is 153 Å². The smallest absolute Gasteiger partial charge is 0.193 e. The van der Waals surface area contributed by atoms with E-state index in [0.29, 0.717) is 28.0 Å². The van der Waals surface area contributed by atoms with E-state index < -0.39 is 11.6 Å². The molecule has 5 heteroatoms. The first-order valence-electron chi connectivity index (χ1n) is 8.31. The van der Waals surface area contributed by atoms with Crippen molar-refractivity contribution in [2.75, 3.05) is 0 Å². The van der Waals surface area contributed by atoms with Gasteiger partial charge in [-0.2, -0.15) is 0 Å². The Morgan fingerprint density at radius 1 is 0.889 bits per heavy atom. The molecule has 134 valence electrons. The van der Waals surface area contributed by atoms with Gasteiger partial charge in [0.25, 0.3) is 0 Å². The normalized spacial score (nSPS) is 10.9. The second kappa shape index (κ2) is 7.03. The molecule has 27 heavy (non-hydrogen) atoms. The maximum atomic E-state index is 13.7. The number of hydrogen-bond donors (Lipinski definition) is 0. The Morgan fingerprint density at radius 3 is 2.59 bits per heavy atom. The highest BCUT2D eigenvalue weighted by atomic mass is 19.2. The van der Waals surface area contributed by atoms with Crippen LogP contribution in [0.2, 0.25) is 0 Å². The summed E-state index contributed by atoms with van der Waals surface area (Å²) < 4.78 is 38.4. The molecular formula is C22H14F2O3. The minimum atomic E-state index is -0.922. The molecule has 0 N–H and O–H groups in total. The second-order valence-corrected chi connectivity index (χ2v) is 6.00. The lowest BCUT2D eigenvalue weighted by atomic mass is 10.1. The van der Waals surface area contributed by atoms with Crippen molar-refractivity contribution in [2.24, 2.45) is 0 Å². The van der Waals surface area contributed by atoms with E-state index in [1.165, 1.54) is 18.2 Å². The number of ether oxygens (including phenoxy) is 1. The van der Waals surface area contributed by atoms with Crippen molar-refractivity contribution in [1.29, 1.82) is 0 Å². The van der Waals surface area contributed by atoms with Crippen molar-refractivity contribution < 1.29 is 17.9 Å². The van der Waals surface area contributed by atoms with E-state index in [0.717, 1.165) is 6.07 Å². The molecule has 0 saturated heterocycles. The lowest BCUT2D eigenvalue weighted by Gasteiger charge is -2.09. The standard InChI is InChI=1S/C22H14F2O3/c23-18-9-4-6-15(22(18)24)13-26-16-7-3-5-14(11-16)21-12-19(25)17-8-1-2-10-20(17)27-21/h1-12H,13H2. The van der Waals surface area contributed by atoms with Crippen LogP contribution in [0.3, 0.4) is 0 Å². The summed E-state index contributed by atoms with van der Waals surface area (Å²) in [6.45, 7) is -0.116. The summed E-state index contributed by atoms with van der Waals surface area (Å²) >= 11 is 0. The van der Waals surface area contributed by atoms with E-state index in [9.17, 15) is 13.6 Å². The summed E-state index contributed by atoms with van der Waals surface area (Å²) in [4.78, 5) is 12.3. The van der Waals surface area contributed by atoms with Crippen LogP contribution in [0.25, 0.3) is 22.3 Å². The van der Waals surface area contributed by atoms with Crippen molar-refractivity contribution in [1.82, 2.24) is 0 Å². The predicted octanol–water partition coefficient (Wildman–Crippen LogP) is 5.32. The van der Waals surface area contributed by atoms with Crippen LogP contribution in [0.4, 0.5) is 8.78 Å². The fraction of sp³-hybridized carbons (Fsp3) is 0.0455. The number of para-hydroxylation sites is 1. The van der Waals surface area contributed by atoms with Gasteiger partial charge in [-0.05, 0) is 30.3 Å². The van der Waals surface area contributed by atoms with E-state index in [-0.39, 0.29) is 17.6 Å². The van der Waals surface area contributed by atoms with Crippen LogP contribution < -0.4 is 10.2 Å². The molecule has 0 amide bonds. The van der Waals surface area contributed by atoms with Gasteiger partial charge in [-0.3, -0.25) is 4.79 Å². The molecular weight excluding hydrogens is 350 g/mol. The van der Waals surface area contributed by atoms with E-state index in [1.54, 1.807) is 48.5 Å². The predicted molar refractivity (Wildman–Crippen MR) is 98.6 cm³/mol. The molecule has 0 spiro atoms. The Hall–Kier alpha value is -3.47. The third-order valence-electron chi connectivity index (χ3n) is 4.18. The van der Waals surface area contributed by atoms with E-state index in [1.807, 2.05) is 0 Å². The number of benzene rings is 3. The van der Waals surface area contributed by atoms with Gasteiger partial charge >= 0.3 is 0 Å². The van der Waals surface area contributed by atoms with Gasteiger partial charge in [0, 0.05) is 17.2 Å². The molecule has 4 rings (SSSR count). The topological polar surface area (TPSA) is 39.4 Å². The molecule has 4 aromatic rings. The minimum Gasteiger partial charge on any atom is -0.489 e. The van der Waals surface area contributed by atoms with Gasteiger partial charge < -0.3 is 9.15 Å². The zero-order valence-electron chi connectivity index (χ0n) is 14.1. The van der Waals surface area contributed by atoms with Crippen LogP contribution in [0.15, 0.2) is 82.0 Å². The van der Waals surface area contributed by atoms with Crippen molar-refractivity contribution in [3.05, 3.63) is 100 Å². The molecule has 0 unspecified atom stereocenters. The third-order valence-corrected chi connectivity index (χ3v) is 4.18. The molecule has 1 heterocycles. The summed E-state index contributed by atoms with van der Waals surface area (Å²) in [6, 6.07) is 19.3. The molecule has 3 aromatic carbocycles. The Bertz CT molecular complexity index is 1180. The summed E-state index contributed by atoms with van der Waals surface area (Å²) in [5, 5.41) is 0.509. The fourth-order valence-corrected chi connectivity index (χ4v) is 2.81. The summed E-state index contributed by atoms with van der Waals surface area (Å²) in [5.41, 5.74) is 1.13. The number of rotatable bonds is 4. The quantitative estimate of drug-likeness (QED) is 0.492. The third kappa shape index (κ3) is 3.44. The summed E-state index contributed by atoms with van der Waals surface area (Å²) in [5.74, 6) is -0.981. The van der Waals surface area contributed by atoms with Crippen molar-refractivity contribution in [3.8, 4) is 17.1 Å². The van der Waals surface area contributed by atoms with Crippen LogP contribution in [0, 0.1) is 11.6 Å². The minimum absolute atomic E-state index is 0.116. The van der Waals surface area contributed by atoms with Crippen molar-refractivity contribution in [3.63, 3.8) is 0 Å². The highest BCUT2D eigenvalue weighted by Gasteiger charge is 2.10. The van der Waals surface area contributed by atoms with Crippen molar-refractivity contribution >= 4 is 11.0 Å². The molecule has 0 atom stereocenters. The fourth-order valence-electron chi connectivity index (χ4n) is 2.81. The van der Waals surface area contributed by atoms with Crippen LogP contribution >= 0.6 is 0 Å². The van der Waals surface area contributed by atoms with E-state index >= 15 is 0 Å². The molecule has 0 aliphatic heterocycles. The lowest BCUT2D eigenvalue weighted by Crippen LogP contribution is -2.01. The van der Waals surface area contributed by atoms with Crippen LogP contribution in [-0.2, 0) is 6.61 Å². The molecule has 0 bridgehead atoms. The Balaban J connectivity index is 1.63. The van der Waals surface area contributed by atoms with Gasteiger partial charge in [0.15, 0.2) is 17.1 Å². The summed E-state index contributed by atoms with van der Waals surface area (Å²) in [7, 11) is 0. The van der Waals surface area contributed by atoms with Crippen LogP contribution in [0.5, 0.6) is 5.75 Å². The lowest BCUT2D eigenvalue weighted by molar-refractivity contribution is 0.297. The largest absolute Gasteiger partial charge is 0.489 e. The molecule has 0 aliphatic carbocycles. The Morgan fingerprint density at radius 2 is 1.70 bits per heavy atom. The molecule has 3 nitrogen and oxygen atoms in total. The van der Waals surface area contributed by atoms with E-state index in [2.05, 4.69) is 0 Å². The second-order valence-electron chi connectivity index (χ2n) is 6.00. The van der Waals surface area contributed by atoms with E-state index in [4.69, 9.17) is 9.15 Å². The first-order chi connectivity index (χ1) is 13.1. The zero-order valence-corrected chi connectivity index (χ0v) is 14.1. The maximum absolute atomic E-state index is 13.7. The molecule has 0 radical (unpaired) electrons. The van der Waals surface area contributed by atoms with Gasteiger partial charge in [0.05, 0.1) is 5.39 Å². The zero-order chi connectivity index (χ0) is 18.8. The monoisotopic (exact) mass is 364 g/mol. The molecule has 0 saturated carbocycles. The highest BCUT2D eigenvalue weighted by Crippen LogP contribution is 2.26. The molecule has 0 aliphatic rings. The number of hydrogen-bond acceptors (Lipinski definition) is 3. The molecule has 1 aromatic heterocycles. The first kappa shape index (κ1) is 17.0. The van der Waals surface area contributed by atoms with Gasteiger partial charge in [0.2, 0.25) is 0 Å². The van der Waals surface area contributed by atoms with Crippen LogP contribution in [0.1, 0.15) is 5.56 Å². The van der Waals surface area contributed by atoms with Gasteiger partial charge in [-0.25, -0.2) is 8.78 Å². The van der Waals surface area contributed by atoms with Crippen LogP contribution in [-0.4, -0.2) is 0 Å². The Kier molecular flexibility index (Phi) is 4.42. The average Bonchev–Trinajstić information content (AvgIpc) is 2.69. The number of fused-ring (bicyclic) bond motifs is 1. The van der Waals surface area contributed by atoms with Crippen molar-refractivity contribution in [2.45, 2.75) is 6.61 Å². The SMILES string of the molecule is O=c1cc(-c2cccc(OCc3cccc(F)c3F)c2)oc2ccccc12. The number of halogens is 2. The molecule has 0 fully saturated rings. The average molecular weight is 364 g/mol. The van der Waals surface area contributed by atoms with Gasteiger partial charge in [-0.15, -0.1) is 0 Å².